The van der Waals surface area contributed by atoms with Crippen LogP contribution in [0.15, 0.2) is 18.2 Å². The van der Waals surface area contributed by atoms with Crippen molar-refractivity contribution in [1.29, 1.82) is 0 Å². The summed E-state index contributed by atoms with van der Waals surface area (Å²) in [6, 6.07) is 4.90. The molecule has 4 heteroatoms. The molecule has 1 aliphatic rings. The third-order valence-corrected chi connectivity index (χ3v) is 1.52. The minimum Gasteiger partial charge on any atom is -0.397 e. The molecule has 55 valence electrons. The number of para-hydroxylation sites is 1. The number of urea groups is 1. The summed E-state index contributed by atoms with van der Waals surface area (Å²) >= 11 is 0. The van der Waals surface area contributed by atoms with Crippen molar-refractivity contribution in [3.05, 3.63) is 18.2 Å². The molecule has 1 heterocycles. The molecule has 11 heavy (non-hydrogen) atoms. The van der Waals surface area contributed by atoms with E-state index in [1.807, 2.05) is 0 Å². The van der Waals surface area contributed by atoms with E-state index in [1.54, 1.807) is 18.2 Å². The van der Waals surface area contributed by atoms with E-state index in [2.05, 4.69) is 10.6 Å². The summed E-state index contributed by atoms with van der Waals surface area (Å²) in [5, 5.41) is 6.23. The zero-order valence-corrected chi connectivity index (χ0v) is 5.66. The highest BCUT2D eigenvalue weighted by atomic mass is 16.2. The molecule has 0 saturated carbocycles. The summed E-state index contributed by atoms with van der Waals surface area (Å²) in [7, 11) is 0. The predicted molar refractivity (Wildman–Crippen MR) is 41.7 cm³/mol. The van der Waals surface area contributed by atoms with E-state index in [0.717, 1.165) is 0 Å². The van der Waals surface area contributed by atoms with E-state index in [1.165, 1.54) is 0 Å². The maximum Gasteiger partial charge on any atom is 0.346 e. The highest BCUT2D eigenvalue weighted by molar-refractivity contribution is 6.05. The molecule has 0 spiro atoms. The Morgan fingerprint density at radius 1 is 1.45 bits per heavy atom. The van der Waals surface area contributed by atoms with Gasteiger partial charge < -0.3 is 11.1 Å². The lowest BCUT2D eigenvalue weighted by Gasteiger charge is -1.97. The van der Waals surface area contributed by atoms with E-state index in [9.17, 15) is 4.79 Å². The number of carbonyl (C=O) groups excluding carboxylic acids is 1. The number of nitrogens with one attached hydrogen (secondary N) is 1. The molecule has 0 unspecified atom stereocenters. The number of nitrogen functional groups attached to an aromatic ring is 1. The molecule has 1 aromatic rings. The van der Waals surface area contributed by atoms with Gasteiger partial charge in [-0.1, -0.05) is 6.07 Å². The molecular formula is C7H6N3O. The van der Waals surface area contributed by atoms with E-state index >= 15 is 0 Å². The maximum absolute atomic E-state index is 10.7. The van der Waals surface area contributed by atoms with Crippen LogP contribution in [0.4, 0.5) is 21.9 Å². The topological polar surface area (TPSA) is 69.2 Å². The Morgan fingerprint density at radius 2 is 2.27 bits per heavy atom. The first-order chi connectivity index (χ1) is 5.27. The third-order valence-electron chi connectivity index (χ3n) is 1.52. The molecule has 0 aliphatic carbocycles. The minimum absolute atomic E-state index is 0.349. The molecule has 2 rings (SSSR count). The predicted octanol–water partition coefficient (Wildman–Crippen LogP) is 1.05. The molecule has 1 radical (unpaired) electrons. The van der Waals surface area contributed by atoms with Gasteiger partial charge in [0.1, 0.15) is 5.69 Å². The van der Waals surface area contributed by atoms with Crippen molar-refractivity contribution in [2.24, 2.45) is 0 Å². The Morgan fingerprint density at radius 3 is 3.00 bits per heavy atom. The quantitative estimate of drug-likeness (QED) is 0.540. The number of fused-ring (bicyclic) bond motifs is 1. The molecule has 0 fully saturated rings. The zero-order valence-electron chi connectivity index (χ0n) is 5.66. The Balaban J connectivity index is 2.57. The highest BCUT2D eigenvalue weighted by Crippen LogP contribution is 2.32. The van der Waals surface area contributed by atoms with Gasteiger partial charge in [0.2, 0.25) is 0 Å². The van der Waals surface area contributed by atoms with Crippen molar-refractivity contribution < 1.29 is 4.79 Å². The molecule has 0 bridgehead atoms. The van der Waals surface area contributed by atoms with Crippen LogP contribution in [0.3, 0.4) is 0 Å². The molecule has 2 amide bonds. The van der Waals surface area contributed by atoms with Crippen LogP contribution < -0.4 is 16.4 Å². The van der Waals surface area contributed by atoms with Crippen LogP contribution >= 0.6 is 0 Å². The third kappa shape index (κ3) is 0.797. The number of nitrogens with zero attached hydrogens (tertiary/aromatic N) is 1. The fourth-order valence-corrected chi connectivity index (χ4v) is 1.03. The van der Waals surface area contributed by atoms with Crippen LogP contribution in [0.5, 0.6) is 0 Å². The molecule has 0 saturated heterocycles. The van der Waals surface area contributed by atoms with Gasteiger partial charge in [0.05, 0.1) is 11.4 Å². The molecule has 0 aromatic heterocycles. The monoisotopic (exact) mass is 148 g/mol. The van der Waals surface area contributed by atoms with E-state index in [0.29, 0.717) is 17.1 Å². The minimum atomic E-state index is -0.349. The fourth-order valence-electron chi connectivity index (χ4n) is 1.03. The lowest BCUT2D eigenvalue weighted by molar-refractivity contribution is 0.256. The maximum atomic E-state index is 10.7. The smallest absolute Gasteiger partial charge is 0.346 e. The second-order valence-corrected chi connectivity index (χ2v) is 2.29. The summed E-state index contributed by atoms with van der Waals surface area (Å²) in [4.78, 5) is 10.7. The second-order valence-electron chi connectivity index (χ2n) is 2.29. The second kappa shape index (κ2) is 1.88. The molecule has 1 aromatic carbocycles. The largest absolute Gasteiger partial charge is 0.397 e. The molecule has 4 nitrogen and oxygen atoms in total. The van der Waals surface area contributed by atoms with Gasteiger partial charge in [0, 0.05) is 0 Å². The van der Waals surface area contributed by atoms with Crippen LogP contribution in [0.2, 0.25) is 0 Å². The van der Waals surface area contributed by atoms with Gasteiger partial charge in [-0.25, -0.2) is 4.79 Å². The number of rotatable bonds is 0. The van der Waals surface area contributed by atoms with Crippen LogP contribution in [-0.4, -0.2) is 6.03 Å². The average Bonchev–Trinajstić information content (AvgIpc) is 2.31. The van der Waals surface area contributed by atoms with Gasteiger partial charge in [-0.15, -0.1) is 0 Å². The van der Waals surface area contributed by atoms with E-state index in [-0.39, 0.29) is 6.03 Å². The Hall–Kier alpha value is -1.71. The first kappa shape index (κ1) is 6.03. The van der Waals surface area contributed by atoms with E-state index < -0.39 is 0 Å². The van der Waals surface area contributed by atoms with Crippen molar-refractivity contribution in [3.63, 3.8) is 0 Å². The van der Waals surface area contributed by atoms with Crippen LogP contribution in [0.1, 0.15) is 0 Å². The number of hydrogen-bond acceptors (Lipinski definition) is 2. The van der Waals surface area contributed by atoms with Gasteiger partial charge in [0.25, 0.3) is 0 Å². The van der Waals surface area contributed by atoms with Gasteiger partial charge in [-0.05, 0) is 12.1 Å². The lowest BCUT2D eigenvalue weighted by atomic mass is 10.2. The van der Waals surface area contributed by atoms with Crippen molar-refractivity contribution >= 4 is 23.1 Å². The number of anilines is 2. The Kier molecular flexibility index (Phi) is 1.03. The average molecular weight is 148 g/mol. The van der Waals surface area contributed by atoms with Crippen molar-refractivity contribution in [1.82, 2.24) is 5.32 Å². The summed E-state index contributed by atoms with van der Waals surface area (Å²) in [6.45, 7) is 0. The summed E-state index contributed by atoms with van der Waals surface area (Å²) in [6.07, 6.45) is 0. The number of nitrogens with two attached hydrogens (primary N) is 1. The van der Waals surface area contributed by atoms with Gasteiger partial charge in [0.15, 0.2) is 0 Å². The first-order valence-electron chi connectivity index (χ1n) is 3.18. The Bertz CT molecular complexity index is 321. The Labute approximate surface area is 63.4 Å². The SMILES string of the molecule is Nc1cccc2c1[N]C(=O)N2. The first-order valence-corrected chi connectivity index (χ1v) is 3.18. The van der Waals surface area contributed by atoms with Gasteiger partial charge in [-0.3, -0.25) is 0 Å². The number of benzene rings is 1. The molecule has 0 atom stereocenters. The van der Waals surface area contributed by atoms with Gasteiger partial charge in [-0.2, -0.15) is 5.32 Å². The van der Waals surface area contributed by atoms with Crippen molar-refractivity contribution in [3.8, 4) is 0 Å². The standard InChI is InChI=1S/C7H6N3O/c8-4-2-1-3-5-6(4)10-7(11)9-5/h1-3H,8H2,(H,9,11). The van der Waals surface area contributed by atoms with Crippen LogP contribution in [0, 0.1) is 0 Å². The summed E-state index contributed by atoms with van der Waals surface area (Å²) < 4.78 is 0. The number of hydrogen-bond donors (Lipinski definition) is 2. The molecule has 3 N–H and O–H groups in total. The van der Waals surface area contributed by atoms with Crippen LogP contribution in [-0.2, 0) is 0 Å². The summed E-state index contributed by atoms with van der Waals surface area (Å²) in [5.41, 5.74) is 7.32. The zero-order chi connectivity index (χ0) is 7.84. The van der Waals surface area contributed by atoms with Crippen molar-refractivity contribution in [2.75, 3.05) is 11.1 Å². The fraction of sp³-hybridized carbons (Fsp3) is 0. The van der Waals surface area contributed by atoms with Gasteiger partial charge >= 0.3 is 6.03 Å². The van der Waals surface area contributed by atoms with E-state index in [4.69, 9.17) is 5.73 Å². The highest BCUT2D eigenvalue weighted by Gasteiger charge is 2.19. The number of amides is 2. The molecule has 1 aliphatic heterocycles. The summed E-state index contributed by atoms with van der Waals surface area (Å²) in [5.74, 6) is 0. The van der Waals surface area contributed by atoms with Crippen LogP contribution in [0.25, 0.3) is 0 Å². The van der Waals surface area contributed by atoms with Crippen molar-refractivity contribution in [2.45, 2.75) is 0 Å². The normalized spacial score (nSPS) is 13.6. The number of carbonyl (C=O) groups is 1. The molecular weight excluding hydrogens is 142 g/mol. The lowest BCUT2D eigenvalue weighted by Crippen LogP contribution is -2.08.